The van der Waals surface area contributed by atoms with Crippen LogP contribution in [0.25, 0.3) is 0 Å². The summed E-state index contributed by atoms with van der Waals surface area (Å²) in [5.41, 5.74) is 0.299. The highest BCUT2D eigenvalue weighted by Gasteiger charge is 2.66. The maximum Gasteiger partial charge on any atom is 0.157 e. The predicted molar refractivity (Wildman–Crippen MR) is 71.3 cm³/mol. The zero-order valence-corrected chi connectivity index (χ0v) is 11.6. The van der Waals surface area contributed by atoms with Crippen molar-refractivity contribution in [2.45, 2.75) is 38.9 Å². The van der Waals surface area contributed by atoms with E-state index < -0.39 is 0 Å². The Kier molecular flexibility index (Phi) is 2.38. The molecule has 0 spiro atoms. The van der Waals surface area contributed by atoms with Gasteiger partial charge in [-0.25, -0.2) is 0 Å². The second-order valence-electron chi connectivity index (χ2n) is 6.24. The van der Waals surface area contributed by atoms with Crippen LogP contribution < -0.4 is 5.32 Å². The molecule has 94 valence electrons. The van der Waals surface area contributed by atoms with Crippen molar-refractivity contribution in [2.75, 3.05) is 13.1 Å². The van der Waals surface area contributed by atoms with Crippen molar-refractivity contribution >= 4 is 22.7 Å². The zero-order valence-electron chi connectivity index (χ0n) is 10.7. The van der Waals surface area contributed by atoms with Gasteiger partial charge in [-0.1, -0.05) is 32.5 Å². The van der Waals surface area contributed by atoms with Gasteiger partial charge in [0, 0.05) is 12.5 Å². The number of ketones is 1. The number of rotatable bonds is 1. The molecule has 0 saturated heterocycles. The van der Waals surface area contributed by atoms with Crippen LogP contribution in [0.15, 0.2) is 4.99 Å². The predicted octanol–water partition coefficient (Wildman–Crippen LogP) is 2.07. The van der Waals surface area contributed by atoms with Gasteiger partial charge in [-0.15, -0.1) is 0 Å². The van der Waals surface area contributed by atoms with Crippen LogP contribution in [0.3, 0.4) is 0 Å². The highest BCUT2D eigenvalue weighted by Crippen LogP contribution is 2.66. The van der Waals surface area contributed by atoms with E-state index in [1.807, 2.05) is 0 Å². The largest absolute Gasteiger partial charge is 0.363 e. The number of thioether (sulfide) groups is 1. The van der Waals surface area contributed by atoms with Crippen molar-refractivity contribution in [1.82, 2.24) is 5.32 Å². The molecule has 3 nitrogen and oxygen atoms in total. The molecule has 17 heavy (non-hydrogen) atoms. The average molecular weight is 252 g/mol. The molecule has 0 radical (unpaired) electrons. The Labute approximate surface area is 107 Å². The van der Waals surface area contributed by atoms with Crippen LogP contribution in [0.1, 0.15) is 33.6 Å². The molecular formula is C13H20N2OS. The number of aliphatic imine (C=N–C) groups is 1. The molecular weight excluding hydrogens is 232 g/mol. The maximum atomic E-state index is 12.5. The Balaban J connectivity index is 1.88. The lowest BCUT2D eigenvalue weighted by Crippen LogP contribution is -2.37. The minimum atomic E-state index is 0.112. The fraction of sp³-hybridized carbons (Fsp3) is 0.846. The second-order valence-corrected chi connectivity index (χ2v) is 7.34. The van der Waals surface area contributed by atoms with Crippen molar-refractivity contribution in [1.29, 1.82) is 0 Å². The van der Waals surface area contributed by atoms with Crippen molar-refractivity contribution in [2.24, 2.45) is 21.7 Å². The van der Waals surface area contributed by atoms with Gasteiger partial charge >= 0.3 is 0 Å². The molecule has 0 aromatic heterocycles. The molecule has 0 aromatic carbocycles. The molecule has 2 saturated carbocycles. The average Bonchev–Trinajstić information content (AvgIpc) is 2.86. The Morgan fingerprint density at radius 3 is 2.71 bits per heavy atom. The number of nitrogens with one attached hydrogen (secondary N) is 1. The Morgan fingerprint density at radius 1 is 1.41 bits per heavy atom. The van der Waals surface area contributed by atoms with Gasteiger partial charge in [0.15, 0.2) is 5.17 Å². The van der Waals surface area contributed by atoms with E-state index in [9.17, 15) is 4.79 Å². The van der Waals surface area contributed by atoms with Crippen LogP contribution in [0.5, 0.6) is 0 Å². The molecule has 3 rings (SSSR count). The summed E-state index contributed by atoms with van der Waals surface area (Å²) in [6.07, 6.45) is 2.26. The van der Waals surface area contributed by atoms with E-state index in [0.29, 0.717) is 5.78 Å². The molecule has 2 aliphatic carbocycles. The van der Waals surface area contributed by atoms with Gasteiger partial charge in [0.05, 0.1) is 11.8 Å². The minimum Gasteiger partial charge on any atom is -0.363 e. The molecule has 2 fully saturated rings. The van der Waals surface area contributed by atoms with Gasteiger partial charge in [0.1, 0.15) is 5.78 Å². The molecule has 3 aliphatic rings. The lowest BCUT2D eigenvalue weighted by atomic mass is 9.71. The van der Waals surface area contributed by atoms with Crippen molar-refractivity contribution < 1.29 is 4.79 Å². The topological polar surface area (TPSA) is 41.5 Å². The molecule has 0 amide bonds. The number of hydrogen-bond acceptors (Lipinski definition) is 4. The Morgan fingerprint density at radius 2 is 2.18 bits per heavy atom. The van der Waals surface area contributed by atoms with Crippen molar-refractivity contribution in [3.05, 3.63) is 0 Å². The lowest BCUT2D eigenvalue weighted by Gasteiger charge is -2.37. The van der Waals surface area contributed by atoms with E-state index in [4.69, 9.17) is 0 Å². The number of carbonyl (C=O) groups is 1. The van der Waals surface area contributed by atoms with E-state index in [0.717, 1.165) is 24.7 Å². The highest BCUT2D eigenvalue weighted by molar-refractivity contribution is 8.15. The summed E-state index contributed by atoms with van der Waals surface area (Å²) in [5.74, 6) is 0.733. The molecule has 1 aliphatic heterocycles. The summed E-state index contributed by atoms with van der Waals surface area (Å²) in [5, 5.41) is 4.36. The zero-order chi connectivity index (χ0) is 12.3. The quantitative estimate of drug-likeness (QED) is 0.777. The van der Waals surface area contributed by atoms with E-state index in [1.54, 1.807) is 11.8 Å². The van der Waals surface area contributed by atoms with Crippen molar-refractivity contribution in [3.8, 4) is 0 Å². The van der Waals surface area contributed by atoms with E-state index >= 15 is 0 Å². The van der Waals surface area contributed by atoms with Crippen molar-refractivity contribution in [3.63, 3.8) is 0 Å². The van der Waals surface area contributed by atoms with E-state index in [-0.39, 0.29) is 22.0 Å². The normalized spacial score (nSPS) is 42.8. The van der Waals surface area contributed by atoms with Crippen LogP contribution in [-0.4, -0.2) is 29.3 Å². The Bertz CT molecular complexity index is 404. The van der Waals surface area contributed by atoms with Crippen LogP contribution >= 0.6 is 11.8 Å². The standard InChI is InChI=1S/C13H20N2OS/c1-12(2)8-4-5-13(12,3)10(9(8)16)17-11-14-6-7-15-11/h8,10H,4-7H2,1-3H3,(H,14,15)/t8-,10-,13+/m1/s1. The smallest absolute Gasteiger partial charge is 0.157 e. The van der Waals surface area contributed by atoms with Crippen LogP contribution in [-0.2, 0) is 4.79 Å². The second kappa shape index (κ2) is 3.50. The number of Topliss-reactive ketones (excluding diaryl/α,β-unsaturated/α-hetero) is 1. The molecule has 0 unspecified atom stereocenters. The van der Waals surface area contributed by atoms with Gasteiger partial charge in [-0.3, -0.25) is 9.79 Å². The van der Waals surface area contributed by atoms with Gasteiger partial charge in [0.25, 0.3) is 0 Å². The molecule has 2 bridgehead atoms. The monoisotopic (exact) mass is 252 g/mol. The summed E-state index contributed by atoms with van der Waals surface area (Å²) in [4.78, 5) is 16.9. The van der Waals surface area contributed by atoms with Crippen LogP contribution in [0.4, 0.5) is 0 Å². The van der Waals surface area contributed by atoms with E-state index in [1.165, 1.54) is 6.42 Å². The number of carbonyl (C=O) groups excluding carboxylic acids is 1. The first-order valence-corrected chi connectivity index (χ1v) is 7.33. The molecule has 1 heterocycles. The third-order valence-corrected chi connectivity index (χ3v) is 6.83. The molecule has 0 aromatic rings. The number of nitrogens with zero attached hydrogens (tertiary/aromatic N) is 1. The molecule has 1 N–H and O–H groups in total. The fourth-order valence-electron chi connectivity index (χ4n) is 3.74. The maximum absolute atomic E-state index is 12.5. The summed E-state index contributed by atoms with van der Waals surface area (Å²) < 4.78 is 0. The third kappa shape index (κ3) is 1.36. The Hall–Kier alpha value is -0.510. The fourth-order valence-corrected chi connectivity index (χ4v) is 5.28. The molecule has 3 atom stereocenters. The van der Waals surface area contributed by atoms with E-state index in [2.05, 4.69) is 31.1 Å². The lowest BCUT2D eigenvalue weighted by molar-refractivity contribution is -0.122. The van der Waals surface area contributed by atoms with Gasteiger partial charge < -0.3 is 5.32 Å². The highest BCUT2D eigenvalue weighted by atomic mass is 32.2. The molecule has 4 heteroatoms. The first kappa shape index (κ1) is 11.6. The van der Waals surface area contributed by atoms with Crippen LogP contribution in [0, 0.1) is 16.7 Å². The van der Waals surface area contributed by atoms with Gasteiger partial charge in [-0.2, -0.15) is 0 Å². The number of hydrogen-bond donors (Lipinski definition) is 1. The number of fused-ring (bicyclic) bond motifs is 2. The minimum absolute atomic E-state index is 0.112. The first-order chi connectivity index (χ1) is 7.97. The van der Waals surface area contributed by atoms with Crippen LogP contribution in [0.2, 0.25) is 0 Å². The van der Waals surface area contributed by atoms with Gasteiger partial charge in [0.2, 0.25) is 0 Å². The van der Waals surface area contributed by atoms with Gasteiger partial charge in [-0.05, 0) is 23.7 Å². The SMILES string of the molecule is CC1(C)[C@@H]2CC[C@@]1(C)[C@H](SC1=NCCN1)C2=O. The summed E-state index contributed by atoms with van der Waals surface area (Å²) in [7, 11) is 0. The summed E-state index contributed by atoms with van der Waals surface area (Å²) in [6, 6.07) is 0. The first-order valence-electron chi connectivity index (χ1n) is 6.45. The summed E-state index contributed by atoms with van der Waals surface area (Å²) >= 11 is 1.68. The third-order valence-electron chi connectivity index (χ3n) is 5.35. The number of amidine groups is 1. The summed E-state index contributed by atoms with van der Waals surface area (Å²) in [6.45, 7) is 8.62.